The highest BCUT2D eigenvalue weighted by Gasteiger charge is 2.28. The van der Waals surface area contributed by atoms with Gasteiger partial charge in [0, 0.05) is 39.1 Å². The molecule has 2 aliphatic heterocycles. The van der Waals surface area contributed by atoms with E-state index in [2.05, 4.69) is 10.1 Å². The van der Waals surface area contributed by atoms with Crippen LogP contribution in [-0.2, 0) is 9.57 Å². The van der Waals surface area contributed by atoms with Gasteiger partial charge in [-0.25, -0.2) is 13.6 Å². The molecule has 0 radical (unpaired) electrons. The normalized spacial score (nSPS) is 20.2. The van der Waals surface area contributed by atoms with Gasteiger partial charge in [-0.05, 0) is 32.9 Å². The first-order valence-corrected chi connectivity index (χ1v) is 9.70. The molecular weight excluding hydrogens is 384 g/mol. The molecule has 2 heterocycles. The van der Waals surface area contributed by atoms with Crippen LogP contribution >= 0.6 is 0 Å². The van der Waals surface area contributed by atoms with Crippen molar-refractivity contribution in [2.75, 3.05) is 39.3 Å². The number of nitrogens with zero attached hydrogens (tertiary/aromatic N) is 3. The number of carbonyl (C=O) groups is 1. The smallest absolute Gasteiger partial charge is 0.410 e. The maximum absolute atomic E-state index is 13.6. The van der Waals surface area contributed by atoms with Crippen molar-refractivity contribution in [3.8, 4) is 5.75 Å². The van der Waals surface area contributed by atoms with Crippen molar-refractivity contribution in [3.63, 3.8) is 0 Å². The van der Waals surface area contributed by atoms with Crippen LogP contribution in [0.25, 0.3) is 0 Å². The molecule has 2 aliphatic rings. The average molecular weight is 411 g/mol. The van der Waals surface area contributed by atoms with Crippen LogP contribution in [0.5, 0.6) is 5.75 Å². The van der Waals surface area contributed by atoms with Gasteiger partial charge < -0.3 is 19.2 Å². The van der Waals surface area contributed by atoms with Crippen molar-refractivity contribution >= 4 is 11.8 Å². The van der Waals surface area contributed by atoms with Crippen molar-refractivity contribution in [3.05, 3.63) is 29.8 Å². The summed E-state index contributed by atoms with van der Waals surface area (Å²) in [6.07, 6.45) is -0.147. The van der Waals surface area contributed by atoms with Gasteiger partial charge in [-0.2, -0.15) is 0 Å². The van der Waals surface area contributed by atoms with Crippen LogP contribution in [0.3, 0.4) is 0 Å². The maximum atomic E-state index is 13.6. The van der Waals surface area contributed by atoms with E-state index in [-0.39, 0.29) is 18.8 Å². The summed E-state index contributed by atoms with van der Waals surface area (Å²) < 4.78 is 37.9. The first kappa shape index (κ1) is 21.3. The highest BCUT2D eigenvalue weighted by atomic mass is 19.1. The predicted octanol–water partition coefficient (Wildman–Crippen LogP) is 3.04. The van der Waals surface area contributed by atoms with E-state index in [0.717, 1.165) is 17.8 Å². The fourth-order valence-corrected chi connectivity index (χ4v) is 3.14. The molecular formula is C20H27F2N3O4. The lowest BCUT2D eigenvalue weighted by Crippen LogP contribution is -2.51. The lowest BCUT2D eigenvalue weighted by atomic mass is 10.1. The van der Waals surface area contributed by atoms with E-state index in [9.17, 15) is 13.6 Å². The highest BCUT2D eigenvalue weighted by Crippen LogP contribution is 2.22. The van der Waals surface area contributed by atoms with Gasteiger partial charge in [0.25, 0.3) is 0 Å². The Morgan fingerprint density at radius 2 is 1.86 bits per heavy atom. The minimum Gasteiger partial charge on any atom is -0.484 e. The Bertz CT molecular complexity index is 738. The molecule has 1 aromatic rings. The fraction of sp³-hybridized carbons (Fsp3) is 0.600. The third-order valence-electron chi connectivity index (χ3n) is 4.56. The third kappa shape index (κ3) is 6.03. The molecule has 7 nitrogen and oxygen atoms in total. The molecule has 0 aliphatic carbocycles. The average Bonchev–Trinajstić information content (AvgIpc) is 3.08. The number of rotatable bonds is 5. The Hall–Kier alpha value is -2.42. The van der Waals surface area contributed by atoms with Crippen molar-refractivity contribution < 1.29 is 27.9 Å². The Balaban J connectivity index is 1.39. The van der Waals surface area contributed by atoms with Crippen molar-refractivity contribution in [2.45, 2.75) is 38.9 Å². The number of para-hydroxylation sites is 1. The van der Waals surface area contributed by atoms with Gasteiger partial charge in [0.15, 0.2) is 23.5 Å². The van der Waals surface area contributed by atoms with Crippen LogP contribution in [0, 0.1) is 11.6 Å². The first-order valence-electron chi connectivity index (χ1n) is 9.70. The van der Waals surface area contributed by atoms with Gasteiger partial charge in [-0.3, -0.25) is 4.90 Å². The largest absolute Gasteiger partial charge is 0.484 e. The number of piperazine rings is 1. The Labute approximate surface area is 169 Å². The van der Waals surface area contributed by atoms with Crippen molar-refractivity contribution in [1.29, 1.82) is 0 Å². The molecule has 1 aromatic carbocycles. The van der Waals surface area contributed by atoms with Crippen LogP contribution in [0.2, 0.25) is 0 Å². The Morgan fingerprint density at radius 3 is 2.48 bits per heavy atom. The van der Waals surface area contributed by atoms with Crippen LogP contribution < -0.4 is 4.74 Å². The minimum absolute atomic E-state index is 0.0112. The number of amides is 1. The van der Waals surface area contributed by atoms with Crippen molar-refractivity contribution in [1.82, 2.24) is 9.80 Å². The number of halogens is 2. The second-order valence-corrected chi connectivity index (χ2v) is 8.19. The van der Waals surface area contributed by atoms with Crippen LogP contribution in [0.4, 0.5) is 13.6 Å². The second kappa shape index (κ2) is 8.94. The monoisotopic (exact) mass is 411 g/mol. The van der Waals surface area contributed by atoms with E-state index in [4.69, 9.17) is 14.3 Å². The minimum atomic E-state index is -0.744. The summed E-state index contributed by atoms with van der Waals surface area (Å²) in [5.41, 5.74) is 0.339. The van der Waals surface area contributed by atoms with Crippen LogP contribution in [0.1, 0.15) is 27.2 Å². The van der Waals surface area contributed by atoms with Gasteiger partial charge >= 0.3 is 6.09 Å². The summed E-state index contributed by atoms with van der Waals surface area (Å²) in [5, 5.41) is 4.07. The molecule has 0 aromatic heterocycles. The number of hydrogen-bond acceptors (Lipinski definition) is 6. The molecule has 0 spiro atoms. The van der Waals surface area contributed by atoms with E-state index in [1.54, 1.807) is 4.90 Å². The molecule has 0 bridgehead atoms. The number of ether oxygens (including phenoxy) is 2. The van der Waals surface area contributed by atoms with E-state index in [0.29, 0.717) is 39.1 Å². The Morgan fingerprint density at radius 1 is 1.21 bits per heavy atom. The Kier molecular flexibility index (Phi) is 6.56. The molecule has 1 atom stereocenters. The van der Waals surface area contributed by atoms with E-state index in [1.165, 1.54) is 6.07 Å². The molecule has 29 heavy (non-hydrogen) atoms. The zero-order chi connectivity index (χ0) is 21.0. The lowest BCUT2D eigenvalue weighted by molar-refractivity contribution is 0.0156. The second-order valence-electron chi connectivity index (χ2n) is 8.19. The summed E-state index contributed by atoms with van der Waals surface area (Å²) >= 11 is 0. The number of oxime groups is 1. The highest BCUT2D eigenvalue weighted by molar-refractivity contribution is 5.87. The van der Waals surface area contributed by atoms with Gasteiger partial charge in [0.1, 0.15) is 12.2 Å². The number of carbonyl (C=O) groups excluding carboxylic acids is 1. The molecule has 1 unspecified atom stereocenters. The van der Waals surface area contributed by atoms with Crippen molar-refractivity contribution in [2.24, 2.45) is 5.16 Å². The quantitative estimate of drug-likeness (QED) is 0.745. The molecule has 0 saturated carbocycles. The van der Waals surface area contributed by atoms with Gasteiger partial charge in [0.2, 0.25) is 0 Å². The molecule has 1 amide bonds. The summed E-state index contributed by atoms with van der Waals surface area (Å²) in [5.74, 6) is -1.89. The molecule has 160 valence electrons. The lowest BCUT2D eigenvalue weighted by Gasteiger charge is -2.35. The van der Waals surface area contributed by atoms with E-state index in [1.807, 2.05) is 20.8 Å². The van der Waals surface area contributed by atoms with Crippen LogP contribution in [-0.4, -0.2) is 72.6 Å². The summed E-state index contributed by atoms with van der Waals surface area (Å²) in [4.78, 5) is 21.3. The van der Waals surface area contributed by atoms with Crippen LogP contribution in [0.15, 0.2) is 23.4 Å². The fourth-order valence-electron chi connectivity index (χ4n) is 3.14. The summed E-state index contributed by atoms with van der Waals surface area (Å²) in [6.45, 7) is 8.76. The van der Waals surface area contributed by atoms with Gasteiger partial charge in [-0.15, -0.1) is 0 Å². The summed E-state index contributed by atoms with van der Waals surface area (Å²) in [7, 11) is 0. The topological polar surface area (TPSA) is 63.6 Å². The van der Waals surface area contributed by atoms with E-state index >= 15 is 0 Å². The summed E-state index contributed by atoms with van der Waals surface area (Å²) in [6, 6.07) is 3.58. The van der Waals surface area contributed by atoms with Gasteiger partial charge in [-0.1, -0.05) is 11.2 Å². The molecule has 0 N–H and O–H groups in total. The molecule has 1 fully saturated rings. The van der Waals surface area contributed by atoms with E-state index < -0.39 is 23.0 Å². The zero-order valence-corrected chi connectivity index (χ0v) is 17.0. The predicted molar refractivity (Wildman–Crippen MR) is 103 cm³/mol. The number of benzene rings is 1. The standard InChI is InChI=1S/C20H27F2N3O4/c1-20(2,3)28-19(26)25-9-7-24(8-10-25)12-14-11-15(29-23-14)13-27-18-16(21)5-4-6-17(18)22/h4-6,15H,7-13H2,1-3H3. The molecule has 3 rings (SSSR count). The first-order chi connectivity index (χ1) is 13.7. The maximum Gasteiger partial charge on any atom is 0.410 e. The van der Waals surface area contributed by atoms with Gasteiger partial charge in [0.05, 0.1) is 5.71 Å². The zero-order valence-electron chi connectivity index (χ0n) is 17.0. The molecule has 1 saturated heterocycles. The molecule has 9 heteroatoms. The number of hydrogen-bond donors (Lipinski definition) is 0. The third-order valence-corrected chi connectivity index (χ3v) is 4.56. The SMILES string of the molecule is CC(C)(C)OC(=O)N1CCN(CC2=NOC(COc3c(F)cccc3F)C2)CC1.